The van der Waals surface area contributed by atoms with Crippen molar-refractivity contribution in [3.05, 3.63) is 0 Å². The Bertz CT molecular complexity index is 340. The highest BCUT2D eigenvalue weighted by Crippen LogP contribution is 2.62. The van der Waals surface area contributed by atoms with Crippen molar-refractivity contribution in [1.29, 1.82) is 0 Å². The van der Waals surface area contributed by atoms with E-state index in [0.29, 0.717) is 5.92 Å². The van der Waals surface area contributed by atoms with Gasteiger partial charge in [-0.15, -0.1) is 0 Å². The third-order valence-corrected chi connectivity index (χ3v) is 5.55. The summed E-state index contributed by atoms with van der Waals surface area (Å²) in [4.78, 5) is 11.5. The van der Waals surface area contributed by atoms with Crippen molar-refractivity contribution in [2.24, 2.45) is 17.8 Å². The molecule has 2 unspecified atom stereocenters. The molecule has 4 aliphatic carbocycles. The van der Waals surface area contributed by atoms with Crippen LogP contribution in [0.5, 0.6) is 0 Å². The molecule has 1 saturated heterocycles. The van der Waals surface area contributed by atoms with Crippen LogP contribution in [-0.2, 0) is 4.74 Å². The molecular weight excluding hydrogens is 190 g/mol. The molecule has 1 spiro atoms. The minimum absolute atomic E-state index is 0.00116. The predicted molar refractivity (Wildman–Crippen MR) is 54.3 cm³/mol. The Balaban J connectivity index is 1.86. The van der Waals surface area contributed by atoms with Gasteiger partial charge in [0.25, 0.3) is 0 Å². The first-order valence-electron chi connectivity index (χ1n) is 6.12. The van der Waals surface area contributed by atoms with E-state index in [-0.39, 0.29) is 17.2 Å². The zero-order valence-corrected chi connectivity index (χ0v) is 9.08. The highest BCUT2D eigenvalue weighted by molar-refractivity contribution is 5.73. The number of alkyl carbamates (subject to hydrolysis) is 1. The molecule has 1 amide bonds. The summed E-state index contributed by atoms with van der Waals surface area (Å²) in [6.45, 7) is 2.16. The average Bonchev–Trinajstić information content (AvgIpc) is 2.36. The summed E-state index contributed by atoms with van der Waals surface area (Å²) in [5, 5.41) is 3.14. The van der Waals surface area contributed by atoms with Crippen LogP contribution in [0, 0.1) is 17.8 Å². The van der Waals surface area contributed by atoms with Crippen molar-refractivity contribution in [2.45, 2.75) is 50.2 Å². The predicted octanol–water partition coefficient (Wildman–Crippen LogP) is 2.06. The van der Waals surface area contributed by atoms with Crippen LogP contribution in [0.25, 0.3) is 0 Å². The Morgan fingerprint density at radius 2 is 1.93 bits per heavy atom. The Labute approximate surface area is 89.6 Å². The SMILES string of the molecule is C[C@@]12OC(=O)NC13C[C@@H]1CC2C[C@@H](C1)C3. The molecule has 4 bridgehead atoms. The number of rotatable bonds is 0. The van der Waals surface area contributed by atoms with Crippen LogP contribution in [0.15, 0.2) is 0 Å². The molecule has 1 aliphatic heterocycles. The quantitative estimate of drug-likeness (QED) is 0.660. The van der Waals surface area contributed by atoms with Gasteiger partial charge in [-0.2, -0.15) is 0 Å². The number of carbonyl (C=O) groups excluding carboxylic acids is 1. The molecule has 5 aliphatic rings. The van der Waals surface area contributed by atoms with Crippen molar-refractivity contribution in [2.75, 3.05) is 0 Å². The summed E-state index contributed by atoms with van der Waals surface area (Å²) in [6, 6.07) is 0. The van der Waals surface area contributed by atoms with Crippen LogP contribution in [0.4, 0.5) is 4.79 Å². The zero-order valence-electron chi connectivity index (χ0n) is 9.08. The lowest BCUT2D eigenvalue weighted by Crippen LogP contribution is -2.69. The Hall–Kier alpha value is -0.730. The second kappa shape index (κ2) is 2.18. The van der Waals surface area contributed by atoms with Gasteiger partial charge in [-0.1, -0.05) is 0 Å². The lowest BCUT2D eigenvalue weighted by molar-refractivity contribution is -0.148. The van der Waals surface area contributed by atoms with Crippen molar-refractivity contribution < 1.29 is 9.53 Å². The number of ether oxygens (including phenoxy) is 1. The number of amides is 1. The minimum Gasteiger partial charge on any atom is -0.440 e. The van der Waals surface area contributed by atoms with E-state index in [1.54, 1.807) is 0 Å². The van der Waals surface area contributed by atoms with Gasteiger partial charge < -0.3 is 10.1 Å². The summed E-state index contributed by atoms with van der Waals surface area (Å²) in [7, 11) is 0. The van der Waals surface area contributed by atoms with Crippen LogP contribution < -0.4 is 5.32 Å². The lowest BCUT2D eigenvalue weighted by Gasteiger charge is -2.61. The second-order valence-electron chi connectivity index (χ2n) is 6.25. The molecule has 1 N–H and O–H groups in total. The number of carbonyl (C=O) groups is 1. The van der Waals surface area contributed by atoms with Crippen LogP contribution in [0.1, 0.15) is 39.0 Å². The fraction of sp³-hybridized carbons (Fsp3) is 0.917. The van der Waals surface area contributed by atoms with Crippen LogP contribution >= 0.6 is 0 Å². The highest BCUT2D eigenvalue weighted by Gasteiger charge is 2.69. The first-order chi connectivity index (χ1) is 7.11. The molecule has 3 heteroatoms. The average molecular weight is 207 g/mol. The first kappa shape index (κ1) is 8.43. The standard InChI is InChI=1S/C12H17NO2/c1-11-9-3-7-2-8(4-9)6-12(11,5-7)13-10(14)15-11/h7-9H,2-6H2,1H3,(H,13,14)/t7-,8+,9?,11-,12?/m0/s1. The molecule has 82 valence electrons. The fourth-order valence-electron chi connectivity index (χ4n) is 5.03. The maximum Gasteiger partial charge on any atom is 0.408 e. The van der Waals surface area contributed by atoms with Crippen molar-refractivity contribution in [3.63, 3.8) is 0 Å². The highest BCUT2D eigenvalue weighted by atomic mass is 16.6. The summed E-state index contributed by atoms with van der Waals surface area (Å²) < 4.78 is 5.63. The van der Waals surface area contributed by atoms with Gasteiger partial charge in [0.1, 0.15) is 5.60 Å². The molecule has 5 rings (SSSR count). The Morgan fingerprint density at radius 3 is 2.60 bits per heavy atom. The monoisotopic (exact) mass is 207 g/mol. The molecule has 0 radical (unpaired) electrons. The van der Waals surface area contributed by atoms with Gasteiger partial charge in [0.05, 0.1) is 5.54 Å². The maximum absolute atomic E-state index is 11.5. The number of hydrogen-bond acceptors (Lipinski definition) is 2. The van der Waals surface area contributed by atoms with Gasteiger partial charge in [-0.05, 0) is 50.9 Å². The molecular formula is C12H17NO2. The van der Waals surface area contributed by atoms with E-state index in [0.717, 1.165) is 24.7 Å². The van der Waals surface area contributed by atoms with Crippen LogP contribution in [0.2, 0.25) is 0 Å². The van der Waals surface area contributed by atoms with Gasteiger partial charge in [0, 0.05) is 5.92 Å². The van der Waals surface area contributed by atoms with Crippen molar-refractivity contribution in [1.82, 2.24) is 5.32 Å². The van der Waals surface area contributed by atoms with Crippen LogP contribution in [-0.4, -0.2) is 17.2 Å². The third kappa shape index (κ3) is 0.787. The van der Waals surface area contributed by atoms with Gasteiger partial charge in [0.15, 0.2) is 0 Å². The minimum atomic E-state index is -0.197. The molecule has 0 aromatic rings. The largest absolute Gasteiger partial charge is 0.440 e. The molecule has 3 nitrogen and oxygen atoms in total. The topological polar surface area (TPSA) is 38.3 Å². The Morgan fingerprint density at radius 1 is 1.27 bits per heavy atom. The van der Waals surface area contributed by atoms with Gasteiger partial charge in [-0.25, -0.2) is 4.79 Å². The molecule has 1 heterocycles. The molecule has 5 atom stereocenters. The van der Waals surface area contributed by atoms with Crippen molar-refractivity contribution >= 4 is 6.09 Å². The van der Waals surface area contributed by atoms with E-state index in [2.05, 4.69) is 12.2 Å². The van der Waals surface area contributed by atoms with Gasteiger partial charge >= 0.3 is 6.09 Å². The van der Waals surface area contributed by atoms with E-state index in [1.807, 2.05) is 0 Å². The maximum atomic E-state index is 11.5. The molecule has 15 heavy (non-hydrogen) atoms. The summed E-state index contributed by atoms with van der Waals surface area (Å²) in [5.41, 5.74) is -0.198. The number of hydrogen-bond donors (Lipinski definition) is 1. The normalized spacial score (nSPS) is 60.1. The summed E-state index contributed by atoms with van der Waals surface area (Å²) >= 11 is 0. The first-order valence-corrected chi connectivity index (χ1v) is 6.12. The smallest absolute Gasteiger partial charge is 0.408 e. The molecule has 0 aromatic heterocycles. The third-order valence-electron chi connectivity index (χ3n) is 5.55. The lowest BCUT2D eigenvalue weighted by atomic mass is 9.47. The summed E-state index contributed by atoms with van der Waals surface area (Å²) in [5.74, 6) is 2.30. The fourth-order valence-corrected chi connectivity index (χ4v) is 5.03. The van der Waals surface area contributed by atoms with E-state index < -0.39 is 0 Å². The van der Waals surface area contributed by atoms with E-state index in [9.17, 15) is 4.79 Å². The van der Waals surface area contributed by atoms with E-state index in [1.165, 1.54) is 19.3 Å². The van der Waals surface area contributed by atoms with E-state index in [4.69, 9.17) is 4.74 Å². The number of nitrogens with one attached hydrogen (secondary N) is 1. The molecule has 4 saturated carbocycles. The molecule has 5 fully saturated rings. The second-order valence-corrected chi connectivity index (χ2v) is 6.25. The molecule has 0 aromatic carbocycles. The zero-order chi connectivity index (χ0) is 10.3. The van der Waals surface area contributed by atoms with Gasteiger partial charge in [-0.3, -0.25) is 0 Å². The Kier molecular flexibility index (Phi) is 1.22. The van der Waals surface area contributed by atoms with Crippen molar-refractivity contribution in [3.8, 4) is 0 Å². The van der Waals surface area contributed by atoms with Crippen LogP contribution in [0.3, 0.4) is 0 Å². The van der Waals surface area contributed by atoms with E-state index >= 15 is 0 Å². The van der Waals surface area contributed by atoms with Gasteiger partial charge in [0.2, 0.25) is 0 Å². The summed E-state index contributed by atoms with van der Waals surface area (Å²) in [6.07, 6.45) is 6.09.